The zero-order valence-electron chi connectivity index (χ0n) is 12.1. The van der Waals surface area contributed by atoms with Gasteiger partial charge in [-0.2, -0.15) is 0 Å². The van der Waals surface area contributed by atoms with E-state index in [0.717, 1.165) is 23.2 Å². The molecule has 1 aliphatic rings. The number of hydrogen-bond donors (Lipinski definition) is 1. The molecule has 2 nitrogen and oxygen atoms in total. The Kier molecular flexibility index (Phi) is 4.99. The van der Waals surface area contributed by atoms with E-state index in [9.17, 15) is 0 Å². The molecule has 3 rings (SSSR count). The van der Waals surface area contributed by atoms with Gasteiger partial charge >= 0.3 is 0 Å². The summed E-state index contributed by atoms with van der Waals surface area (Å²) in [5, 5.41) is 5.78. The molecule has 0 aliphatic heterocycles. The Bertz CT molecular complexity index is 594. The van der Waals surface area contributed by atoms with Gasteiger partial charge < -0.3 is 10.1 Å². The zero-order valence-corrected chi connectivity index (χ0v) is 14.5. The first-order chi connectivity index (χ1) is 10.3. The first-order valence-corrected chi connectivity index (χ1v) is 9.17. The molecule has 112 valence electrons. The molecule has 0 spiro atoms. The lowest BCUT2D eigenvalue weighted by atomic mass is 10.0. The van der Waals surface area contributed by atoms with Gasteiger partial charge in [0.2, 0.25) is 0 Å². The Morgan fingerprint density at radius 3 is 2.90 bits per heavy atom. The normalized spacial score (nSPS) is 15.9. The molecule has 1 saturated carbocycles. The average Bonchev–Trinajstić information content (AvgIpc) is 3.19. The second kappa shape index (κ2) is 6.95. The molecule has 1 unspecified atom stereocenters. The van der Waals surface area contributed by atoms with E-state index >= 15 is 0 Å². The first kappa shape index (κ1) is 15.1. The van der Waals surface area contributed by atoms with Crippen LogP contribution in [0.25, 0.3) is 0 Å². The zero-order chi connectivity index (χ0) is 14.7. The van der Waals surface area contributed by atoms with Crippen molar-refractivity contribution in [2.75, 3.05) is 6.54 Å². The first-order valence-electron chi connectivity index (χ1n) is 7.50. The van der Waals surface area contributed by atoms with Crippen molar-refractivity contribution >= 4 is 27.3 Å². The summed E-state index contributed by atoms with van der Waals surface area (Å²) in [6.45, 7) is 3.20. The summed E-state index contributed by atoms with van der Waals surface area (Å²) in [7, 11) is 0. The predicted molar refractivity (Wildman–Crippen MR) is 92.2 cm³/mol. The van der Waals surface area contributed by atoms with E-state index in [1.165, 1.54) is 23.3 Å². The molecule has 1 atom stereocenters. The van der Waals surface area contributed by atoms with Gasteiger partial charge in [0.1, 0.15) is 5.75 Å². The molecule has 1 aliphatic carbocycles. The minimum absolute atomic E-state index is 0.240. The number of benzene rings is 1. The van der Waals surface area contributed by atoms with Crippen LogP contribution in [0.5, 0.6) is 5.75 Å². The molecular weight excluding hydrogens is 346 g/mol. The van der Waals surface area contributed by atoms with Crippen molar-refractivity contribution in [2.45, 2.75) is 38.3 Å². The summed E-state index contributed by atoms with van der Waals surface area (Å²) >= 11 is 5.34. The molecule has 0 saturated heterocycles. The second-order valence-corrected chi connectivity index (χ2v) is 7.30. The largest absolute Gasteiger partial charge is 0.490 e. The highest BCUT2D eigenvalue weighted by molar-refractivity contribution is 9.10. The van der Waals surface area contributed by atoms with Crippen LogP contribution in [0.1, 0.15) is 42.7 Å². The van der Waals surface area contributed by atoms with Crippen molar-refractivity contribution in [1.29, 1.82) is 0 Å². The minimum atomic E-state index is 0.240. The average molecular weight is 366 g/mol. The molecule has 1 heterocycles. The van der Waals surface area contributed by atoms with Gasteiger partial charge in [0.05, 0.1) is 12.1 Å². The molecule has 0 bridgehead atoms. The Labute approximate surface area is 138 Å². The summed E-state index contributed by atoms with van der Waals surface area (Å²) < 4.78 is 7.08. The topological polar surface area (TPSA) is 21.3 Å². The number of halogens is 1. The maximum atomic E-state index is 5.93. The molecule has 1 aromatic carbocycles. The second-order valence-electron chi connectivity index (χ2n) is 5.44. The highest BCUT2D eigenvalue weighted by Gasteiger charge is 2.24. The summed E-state index contributed by atoms with van der Waals surface area (Å²) in [5.41, 5.74) is 1.27. The van der Waals surface area contributed by atoms with E-state index in [1.807, 2.05) is 0 Å². The highest BCUT2D eigenvalue weighted by atomic mass is 79.9. The molecule has 21 heavy (non-hydrogen) atoms. The van der Waals surface area contributed by atoms with Crippen molar-refractivity contribution in [3.63, 3.8) is 0 Å². The number of nitrogens with one attached hydrogen (secondary N) is 1. The van der Waals surface area contributed by atoms with E-state index in [1.54, 1.807) is 11.3 Å². The molecule has 2 aromatic rings. The fourth-order valence-corrected chi connectivity index (χ4v) is 3.84. The summed E-state index contributed by atoms with van der Waals surface area (Å²) in [5.74, 6) is 0.994. The Morgan fingerprint density at radius 2 is 2.24 bits per heavy atom. The van der Waals surface area contributed by atoms with Gasteiger partial charge in [0, 0.05) is 14.7 Å². The number of hydrogen-bond acceptors (Lipinski definition) is 3. The van der Waals surface area contributed by atoms with E-state index in [2.05, 4.69) is 63.9 Å². The van der Waals surface area contributed by atoms with Gasteiger partial charge in [-0.25, -0.2) is 0 Å². The third-order valence-corrected chi connectivity index (χ3v) is 5.25. The highest BCUT2D eigenvalue weighted by Crippen LogP contribution is 2.33. The van der Waals surface area contributed by atoms with Crippen LogP contribution in [0.4, 0.5) is 0 Å². The third-order valence-electron chi connectivity index (χ3n) is 3.49. The van der Waals surface area contributed by atoms with Gasteiger partial charge in [-0.15, -0.1) is 11.3 Å². The Hall–Kier alpha value is -0.840. The van der Waals surface area contributed by atoms with Gasteiger partial charge in [-0.3, -0.25) is 0 Å². The standard InChI is InChI=1S/C17H20BrNOS/c1-2-8-19-17(16-10-13(18)11-21-16)12-4-3-5-15(9-12)20-14-6-7-14/h3-5,9-11,14,17,19H,2,6-8H2,1H3. The van der Waals surface area contributed by atoms with Crippen molar-refractivity contribution in [3.05, 3.63) is 50.6 Å². The summed E-state index contributed by atoms with van der Waals surface area (Å²) in [6, 6.07) is 11.0. The Morgan fingerprint density at radius 1 is 1.38 bits per heavy atom. The monoisotopic (exact) mass is 365 g/mol. The van der Waals surface area contributed by atoms with Crippen LogP contribution in [0.2, 0.25) is 0 Å². The lowest BCUT2D eigenvalue weighted by Gasteiger charge is -2.18. The molecule has 0 radical (unpaired) electrons. The van der Waals surface area contributed by atoms with Crippen LogP contribution >= 0.6 is 27.3 Å². The van der Waals surface area contributed by atoms with E-state index < -0.39 is 0 Å². The van der Waals surface area contributed by atoms with E-state index in [-0.39, 0.29) is 6.04 Å². The lowest BCUT2D eigenvalue weighted by Crippen LogP contribution is -2.22. The molecule has 1 N–H and O–H groups in total. The van der Waals surface area contributed by atoms with Crippen LogP contribution in [0, 0.1) is 0 Å². The minimum Gasteiger partial charge on any atom is -0.490 e. The van der Waals surface area contributed by atoms with E-state index in [4.69, 9.17) is 4.74 Å². The van der Waals surface area contributed by atoms with Crippen molar-refractivity contribution < 1.29 is 4.74 Å². The third kappa shape index (κ3) is 4.09. The molecule has 1 fully saturated rings. The number of ether oxygens (including phenoxy) is 1. The van der Waals surface area contributed by atoms with Crippen LogP contribution in [0.3, 0.4) is 0 Å². The fraction of sp³-hybridized carbons (Fsp3) is 0.412. The fourth-order valence-electron chi connectivity index (χ4n) is 2.30. The van der Waals surface area contributed by atoms with Crippen LogP contribution in [-0.4, -0.2) is 12.6 Å². The van der Waals surface area contributed by atoms with E-state index in [0.29, 0.717) is 6.10 Å². The van der Waals surface area contributed by atoms with Gasteiger partial charge in [-0.05, 0) is 65.5 Å². The van der Waals surface area contributed by atoms with Crippen molar-refractivity contribution in [2.24, 2.45) is 0 Å². The molecule has 4 heteroatoms. The number of thiophene rings is 1. The van der Waals surface area contributed by atoms with Gasteiger partial charge in [0.15, 0.2) is 0 Å². The lowest BCUT2D eigenvalue weighted by molar-refractivity contribution is 0.302. The molecular formula is C17H20BrNOS. The SMILES string of the molecule is CCCNC(c1cccc(OC2CC2)c1)c1cc(Br)cs1. The molecule has 1 aromatic heterocycles. The maximum absolute atomic E-state index is 5.93. The summed E-state index contributed by atoms with van der Waals surface area (Å²) in [4.78, 5) is 1.33. The molecule has 0 amide bonds. The quantitative estimate of drug-likeness (QED) is 0.733. The van der Waals surface area contributed by atoms with Crippen LogP contribution in [0.15, 0.2) is 40.2 Å². The smallest absolute Gasteiger partial charge is 0.120 e. The van der Waals surface area contributed by atoms with Gasteiger partial charge in [0.25, 0.3) is 0 Å². The maximum Gasteiger partial charge on any atom is 0.120 e. The number of rotatable bonds is 7. The Balaban J connectivity index is 1.83. The van der Waals surface area contributed by atoms with Crippen LogP contribution in [-0.2, 0) is 0 Å². The summed E-state index contributed by atoms with van der Waals surface area (Å²) in [6.07, 6.45) is 3.96. The predicted octanol–water partition coefficient (Wildman–Crippen LogP) is 5.14. The van der Waals surface area contributed by atoms with Crippen LogP contribution < -0.4 is 10.1 Å². The van der Waals surface area contributed by atoms with Gasteiger partial charge in [-0.1, -0.05) is 19.1 Å². The van der Waals surface area contributed by atoms with Crippen molar-refractivity contribution in [3.8, 4) is 5.75 Å². The van der Waals surface area contributed by atoms with Crippen molar-refractivity contribution in [1.82, 2.24) is 5.32 Å².